The second-order valence-electron chi connectivity index (χ2n) is 5.73. The van der Waals surface area contributed by atoms with Gasteiger partial charge in [-0.15, -0.1) is 0 Å². The van der Waals surface area contributed by atoms with Crippen molar-refractivity contribution in [3.05, 3.63) is 65.0 Å². The molecule has 0 saturated carbocycles. The molecule has 1 heterocycles. The van der Waals surface area contributed by atoms with Crippen molar-refractivity contribution in [2.24, 2.45) is 5.10 Å². The summed E-state index contributed by atoms with van der Waals surface area (Å²) in [7, 11) is 0. The van der Waals surface area contributed by atoms with Crippen LogP contribution in [0.15, 0.2) is 47.6 Å². The predicted octanol–water partition coefficient (Wildman–Crippen LogP) is 2.83. The summed E-state index contributed by atoms with van der Waals surface area (Å²) in [5.74, 6) is -0.421. The molecule has 0 bridgehead atoms. The molecule has 0 aliphatic rings. The van der Waals surface area contributed by atoms with E-state index in [1.54, 1.807) is 24.3 Å². The topological polar surface area (TPSA) is 96.6 Å². The zero-order valence-electron chi connectivity index (χ0n) is 14.4. The van der Waals surface area contributed by atoms with Crippen LogP contribution in [0.25, 0.3) is 11.0 Å². The van der Waals surface area contributed by atoms with Crippen LogP contribution in [0.1, 0.15) is 39.0 Å². The third-order valence-electron chi connectivity index (χ3n) is 4.05. The van der Waals surface area contributed by atoms with Gasteiger partial charge in [-0.1, -0.05) is 12.1 Å². The molecule has 2 N–H and O–H groups in total. The van der Waals surface area contributed by atoms with E-state index in [0.717, 1.165) is 23.4 Å². The Morgan fingerprint density at radius 1 is 1.19 bits per heavy atom. The molecule has 0 aliphatic carbocycles. The summed E-state index contributed by atoms with van der Waals surface area (Å²) in [6, 6.07) is 11.5. The first kappa shape index (κ1) is 17.3. The van der Waals surface area contributed by atoms with Gasteiger partial charge in [0.1, 0.15) is 5.82 Å². The van der Waals surface area contributed by atoms with E-state index in [4.69, 9.17) is 5.11 Å². The number of benzene rings is 2. The van der Waals surface area contributed by atoms with Gasteiger partial charge >= 0.3 is 5.97 Å². The molecule has 0 unspecified atom stereocenters. The number of hydrogen-bond acceptors (Lipinski definition) is 4. The molecule has 3 rings (SSSR count). The van der Waals surface area contributed by atoms with Crippen LogP contribution < -0.4 is 5.43 Å². The summed E-state index contributed by atoms with van der Waals surface area (Å²) < 4.78 is 2.08. The maximum absolute atomic E-state index is 12.2. The molecular formula is C19H18N4O3. The number of hydrazone groups is 1. The van der Waals surface area contributed by atoms with Crippen LogP contribution in [0.2, 0.25) is 0 Å². The van der Waals surface area contributed by atoms with Gasteiger partial charge in [-0.2, -0.15) is 5.10 Å². The standard InChI is InChI=1S/C19H18N4O3/c1-3-23-12(2)21-16-10-15(8-9-17(16)23)18(24)22-20-11-13-4-6-14(7-5-13)19(25)26/h4-11H,3H2,1-2H3,(H,22,24)(H,25,26). The fourth-order valence-corrected chi connectivity index (χ4v) is 2.73. The average molecular weight is 350 g/mol. The summed E-state index contributed by atoms with van der Waals surface area (Å²) in [5.41, 5.74) is 5.57. The fourth-order valence-electron chi connectivity index (χ4n) is 2.73. The molecule has 0 fully saturated rings. The number of hydrogen-bond donors (Lipinski definition) is 2. The van der Waals surface area contributed by atoms with Crippen LogP contribution >= 0.6 is 0 Å². The van der Waals surface area contributed by atoms with Crippen LogP contribution in [-0.2, 0) is 6.54 Å². The predicted molar refractivity (Wildman–Crippen MR) is 98.6 cm³/mol. The van der Waals surface area contributed by atoms with Crippen molar-refractivity contribution in [1.82, 2.24) is 15.0 Å². The number of aromatic nitrogens is 2. The molecule has 2 aromatic carbocycles. The molecule has 0 spiro atoms. The van der Waals surface area contributed by atoms with Gasteiger partial charge in [0.2, 0.25) is 0 Å². The molecule has 26 heavy (non-hydrogen) atoms. The van der Waals surface area contributed by atoms with Gasteiger partial charge < -0.3 is 9.67 Å². The lowest BCUT2D eigenvalue weighted by Gasteiger charge is -2.03. The summed E-state index contributed by atoms with van der Waals surface area (Å²) in [6.07, 6.45) is 1.46. The lowest BCUT2D eigenvalue weighted by Crippen LogP contribution is -2.17. The molecule has 3 aromatic rings. The third kappa shape index (κ3) is 3.46. The molecule has 0 saturated heterocycles. The SMILES string of the molecule is CCn1c(C)nc2cc(C(=O)NN=Cc3ccc(C(=O)O)cc3)ccc21. The van der Waals surface area contributed by atoms with Crippen LogP contribution in [0.4, 0.5) is 0 Å². The van der Waals surface area contributed by atoms with E-state index in [9.17, 15) is 9.59 Å². The van der Waals surface area contributed by atoms with E-state index in [1.165, 1.54) is 18.3 Å². The molecule has 7 heteroatoms. The number of carboxylic acids is 1. The summed E-state index contributed by atoms with van der Waals surface area (Å²) >= 11 is 0. The number of imidazole rings is 1. The van der Waals surface area contributed by atoms with Crippen molar-refractivity contribution < 1.29 is 14.7 Å². The van der Waals surface area contributed by atoms with E-state index >= 15 is 0 Å². The highest BCUT2D eigenvalue weighted by atomic mass is 16.4. The van der Waals surface area contributed by atoms with Crippen LogP contribution in [0, 0.1) is 6.92 Å². The maximum Gasteiger partial charge on any atom is 0.335 e. The molecule has 1 amide bonds. The monoisotopic (exact) mass is 350 g/mol. The van der Waals surface area contributed by atoms with Gasteiger partial charge in [-0.25, -0.2) is 15.2 Å². The Balaban J connectivity index is 1.71. The number of carbonyl (C=O) groups is 2. The number of fused-ring (bicyclic) bond motifs is 1. The van der Waals surface area contributed by atoms with Gasteiger partial charge in [0.15, 0.2) is 0 Å². The first-order valence-electron chi connectivity index (χ1n) is 8.13. The summed E-state index contributed by atoms with van der Waals surface area (Å²) in [6.45, 7) is 4.80. The van der Waals surface area contributed by atoms with E-state index in [2.05, 4.69) is 20.1 Å². The third-order valence-corrected chi connectivity index (χ3v) is 4.05. The number of carbonyl (C=O) groups excluding carboxylic acids is 1. The molecule has 0 atom stereocenters. The van der Waals surface area contributed by atoms with Gasteiger partial charge in [0, 0.05) is 12.1 Å². The molecule has 0 aliphatic heterocycles. The number of amides is 1. The smallest absolute Gasteiger partial charge is 0.335 e. The zero-order chi connectivity index (χ0) is 18.7. The average Bonchev–Trinajstić information content (AvgIpc) is 2.96. The Morgan fingerprint density at radius 3 is 2.54 bits per heavy atom. The number of carboxylic acid groups (broad SMARTS) is 1. The number of aryl methyl sites for hydroxylation is 2. The first-order chi connectivity index (χ1) is 12.5. The number of aromatic carboxylic acids is 1. The van der Waals surface area contributed by atoms with Crippen LogP contribution in [0.3, 0.4) is 0 Å². The van der Waals surface area contributed by atoms with Crippen molar-refractivity contribution in [3.8, 4) is 0 Å². The minimum Gasteiger partial charge on any atom is -0.478 e. The normalized spacial score (nSPS) is 11.2. The molecule has 1 aromatic heterocycles. The largest absolute Gasteiger partial charge is 0.478 e. The quantitative estimate of drug-likeness (QED) is 0.546. The molecular weight excluding hydrogens is 332 g/mol. The van der Waals surface area contributed by atoms with Crippen LogP contribution in [0.5, 0.6) is 0 Å². The van der Waals surface area contributed by atoms with Crippen molar-refractivity contribution >= 4 is 29.1 Å². The van der Waals surface area contributed by atoms with Crippen molar-refractivity contribution in [2.45, 2.75) is 20.4 Å². The lowest BCUT2D eigenvalue weighted by molar-refractivity contribution is 0.0696. The number of rotatable bonds is 5. The minimum absolute atomic E-state index is 0.196. The van der Waals surface area contributed by atoms with E-state index in [1.807, 2.05) is 19.9 Å². The van der Waals surface area contributed by atoms with E-state index in [-0.39, 0.29) is 11.5 Å². The lowest BCUT2D eigenvalue weighted by atomic mass is 10.1. The van der Waals surface area contributed by atoms with Gasteiger partial charge in [0.05, 0.1) is 22.8 Å². The highest BCUT2D eigenvalue weighted by Gasteiger charge is 2.10. The molecule has 132 valence electrons. The number of nitrogens with one attached hydrogen (secondary N) is 1. The minimum atomic E-state index is -0.988. The maximum atomic E-state index is 12.2. The Morgan fingerprint density at radius 2 is 1.88 bits per heavy atom. The molecule has 7 nitrogen and oxygen atoms in total. The second-order valence-corrected chi connectivity index (χ2v) is 5.73. The molecule has 0 radical (unpaired) electrons. The van der Waals surface area contributed by atoms with Crippen LogP contribution in [-0.4, -0.2) is 32.7 Å². The highest BCUT2D eigenvalue weighted by molar-refractivity contribution is 5.98. The van der Waals surface area contributed by atoms with Gasteiger partial charge in [0.25, 0.3) is 5.91 Å². The Bertz CT molecular complexity index is 1000. The van der Waals surface area contributed by atoms with Gasteiger partial charge in [-0.05, 0) is 49.7 Å². The fraction of sp³-hybridized carbons (Fsp3) is 0.158. The van der Waals surface area contributed by atoms with E-state index < -0.39 is 5.97 Å². The Labute approximate surface area is 150 Å². The highest BCUT2D eigenvalue weighted by Crippen LogP contribution is 2.17. The number of nitrogens with zero attached hydrogens (tertiary/aromatic N) is 3. The van der Waals surface area contributed by atoms with Crippen molar-refractivity contribution in [2.75, 3.05) is 0 Å². The summed E-state index contributed by atoms with van der Waals surface area (Å²) in [5, 5.41) is 12.8. The second kappa shape index (κ2) is 7.18. The summed E-state index contributed by atoms with van der Waals surface area (Å²) in [4.78, 5) is 27.5. The van der Waals surface area contributed by atoms with Crippen molar-refractivity contribution in [3.63, 3.8) is 0 Å². The van der Waals surface area contributed by atoms with E-state index in [0.29, 0.717) is 11.1 Å². The zero-order valence-corrected chi connectivity index (χ0v) is 14.4. The van der Waals surface area contributed by atoms with Crippen molar-refractivity contribution in [1.29, 1.82) is 0 Å². The Hall–Kier alpha value is -3.48. The first-order valence-corrected chi connectivity index (χ1v) is 8.13. The Kier molecular flexibility index (Phi) is 4.79. The van der Waals surface area contributed by atoms with Gasteiger partial charge in [-0.3, -0.25) is 4.79 Å².